The van der Waals surface area contributed by atoms with Crippen molar-refractivity contribution in [3.8, 4) is 0 Å². The number of aromatic carboxylic acids is 1. The monoisotopic (exact) mass is 338 g/mol. The van der Waals surface area contributed by atoms with Crippen LogP contribution in [0.25, 0.3) is 0 Å². The molecule has 0 unspecified atom stereocenters. The van der Waals surface area contributed by atoms with Gasteiger partial charge in [0.1, 0.15) is 0 Å². The number of carboxylic acid groups (broad SMARTS) is 1. The van der Waals surface area contributed by atoms with Gasteiger partial charge in [-0.05, 0) is 37.6 Å². The summed E-state index contributed by atoms with van der Waals surface area (Å²) in [4.78, 5) is 28.1. The summed E-state index contributed by atoms with van der Waals surface area (Å²) in [7, 11) is 0. The maximum atomic E-state index is 12.7. The number of amides is 1. The number of carbonyl (C=O) groups is 2. The molecule has 3 rings (SSSR count). The third-order valence-corrected chi connectivity index (χ3v) is 4.65. The lowest BCUT2D eigenvalue weighted by molar-refractivity contribution is 0.0673. The number of rotatable bonds is 3. The third kappa shape index (κ3) is 3.50. The molecule has 0 spiro atoms. The van der Waals surface area contributed by atoms with E-state index in [0.717, 1.165) is 13.1 Å². The number of anilines is 1. The second-order valence-electron chi connectivity index (χ2n) is 6.42. The van der Waals surface area contributed by atoms with Crippen LogP contribution >= 0.6 is 0 Å². The first-order valence-corrected chi connectivity index (χ1v) is 8.41. The van der Waals surface area contributed by atoms with Crippen molar-refractivity contribution in [1.82, 2.24) is 4.90 Å². The number of hydrogen-bond donors (Lipinski definition) is 1. The molecule has 1 fully saturated rings. The first-order valence-electron chi connectivity index (χ1n) is 8.41. The Kier molecular flexibility index (Phi) is 4.74. The summed E-state index contributed by atoms with van der Waals surface area (Å²) in [5.74, 6) is -1.28. The van der Waals surface area contributed by atoms with Gasteiger partial charge in [0.15, 0.2) is 0 Å². The predicted molar refractivity (Wildman–Crippen MR) is 97.4 cm³/mol. The molecule has 1 heterocycles. The van der Waals surface area contributed by atoms with Gasteiger partial charge in [-0.3, -0.25) is 4.79 Å². The molecule has 1 aliphatic rings. The Morgan fingerprint density at radius 1 is 0.920 bits per heavy atom. The smallest absolute Gasteiger partial charge is 0.336 e. The number of benzene rings is 2. The molecule has 1 amide bonds. The minimum absolute atomic E-state index is 0.0595. The molecule has 0 bridgehead atoms. The maximum absolute atomic E-state index is 12.7. The van der Waals surface area contributed by atoms with E-state index in [1.54, 1.807) is 23.1 Å². The molecule has 2 aromatic carbocycles. The fourth-order valence-corrected chi connectivity index (χ4v) is 3.34. The Bertz CT molecular complexity index is 808. The van der Waals surface area contributed by atoms with Crippen molar-refractivity contribution < 1.29 is 14.7 Å². The highest BCUT2D eigenvalue weighted by Crippen LogP contribution is 2.23. The summed E-state index contributed by atoms with van der Waals surface area (Å²) in [6, 6.07) is 12.8. The highest BCUT2D eigenvalue weighted by molar-refractivity contribution is 6.04. The Labute approximate surface area is 147 Å². The molecular weight excluding hydrogens is 316 g/mol. The zero-order valence-electron chi connectivity index (χ0n) is 14.5. The van der Waals surface area contributed by atoms with Crippen molar-refractivity contribution in [3.05, 3.63) is 64.7 Å². The van der Waals surface area contributed by atoms with Gasteiger partial charge in [0, 0.05) is 31.9 Å². The van der Waals surface area contributed by atoms with E-state index in [9.17, 15) is 14.7 Å². The van der Waals surface area contributed by atoms with Gasteiger partial charge in [-0.15, -0.1) is 0 Å². The Morgan fingerprint density at radius 3 is 2.16 bits per heavy atom. The van der Waals surface area contributed by atoms with Gasteiger partial charge in [-0.2, -0.15) is 0 Å². The van der Waals surface area contributed by atoms with Gasteiger partial charge in [-0.1, -0.05) is 29.8 Å². The van der Waals surface area contributed by atoms with Crippen LogP contribution in [0, 0.1) is 13.8 Å². The van der Waals surface area contributed by atoms with Crippen molar-refractivity contribution in [2.24, 2.45) is 0 Å². The number of hydrogen-bond acceptors (Lipinski definition) is 3. The molecule has 130 valence electrons. The summed E-state index contributed by atoms with van der Waals surface area (Å²) in [5, 5.41) is 9.28. The quantitative estimate of drug-likeness (QED) is 0.935. The molecule has 1 N–H and O–H groups in total. The van der Waals surface area contributed by atoms with Crippen LogP contribution in [0.15, 0.2) is 42.5 Å². The van der Waals surface area contributed by atoms with E-state index in [2.05, 4.69) is 36.9 Å². The number of aryl methyl sites for hydroxylation is 2. The maximum Gasteiger partial charge on any atom is 0.336 e. The molecule has 1 saturated heterocycles. The summed E-state index contributed by atoms with van der Waals surface area (Å²) >= 11 is 0. The van der Waals surface area contributed by atoms with Gasteiger partial charge in [0.25, 0.3) is 5.91 Å². The Morgan fingerprint density at radius 2 is 1.56 bits per heavy atom. The van der Waals surface area contributed by atoms with Crippen molar-refractivity contribution >= 4 is 17.6 Å². The molecule has 2 aromatic rings. The standard InChI is InChI=1S/C20H22N2O3/c1-14-7-8-18(15(2)13-14)21-9-11-22(12-10-21)19(23)16-5-3-4-6-17(16)20(24)25/h3-8,13H,9-12H2,1-2H3,(H,24,25). The molecule has 0 atom stereocenters. The first-order chi connectivity index (χ1) is 12.0. The summed E-state index contributed by atoms with van der Waals surface area (Å²) in [6.07, 6.45) is 0. The van der Waals surface area contributed by atoms with Crippen LogP contribution < -0.4 is 4.90 Å². The van der Waals surface area contributed by atoms with E-state index in [1.807, 2.05) is 0 Å². The highest BCUT2D eigenvalue weighted by Gasteiger charge is 2.25. The zero-order valence-corrected chi connectivity index (χ0v) is 14.5. The van der Waals surface area contributed by atoms with E-state index in [1.165, 1.54) is 22.9 Å². The molecule has 0 aromatic heterocycles. The van der Waals surface area contributed by atoms with Gasteiger partial charge in [-0.25, -0.2) is 4.79 Å². The molecule has 5 nitrogen and oxygen atoms in total. The summed E-state index contributed by atoms with van der Waals surface area (Å²) in [6.45, 7) is 6.83. The average molecular weight is 338 g/mol. The SMILES string of the molecule is Cc1ccc(N2CCN(C(=O)c3ccccc3C(=O)O)CC2)c(C)c1. The van der Waals surface area contributed by atoms with E-state index in [4.69, 9.17) is 0 Å². The average Bonchev–Trinajstić information content (AvgIpc) is 2.61. The van der Waals surface area contributed by atoms with Crippen molar-refractivity contribution in [2.75, 3.05) is 31.1 Å². The van der Waals surface area contributed by atoms with Crippen molar-refractivity contribution in [3.63, 3.8) is 0 Å². The van der Waals surface area contributed by atoms with Gasteiger partial charge in [0.2, 0.25) is 0 Å². The lowest BCUT2D eigenvalue weighted by Crippen LogP contribution is -2.49. The Hall–Kier alpha value is -2.82. The fourth-order valence-electron chi connectivity index (χ4n) is 3.34. The molecule has 0 saturated carbocycles. The first kappa shape index (κ1) is 17.0. The second-order valence-corrected chi connectivity index (χ2v) is 6.42. The number of piperazine rings is 1. The van der Waals surface area contributed by atoms with Gasteiger partial charge >= 0.3 is 5.97 Å². The largest absolute Gasteiger partial charge is 0.478 e. The minimum Gasteiger partial charge on any atom is -0.478 e. The summed E-state index contributed by atoms with van der Waals surface area (Å²) < 4.78 is 0. The van der Waals surface area contributed by atoms with E-state index >= 15 is 0 Å². The van der Waals surface area contributed by atoms with Crippen LogP contribution in [0.2, 0.25) is 0 Å². The Balaban J connectivity index is 1.72. The van der Waals surface area contributed by atoms with Crippen LogP contribution in [-0.4, -0.2) is 48.1 Å². The lowest BCUT2D eigenvalue weighted by atomic mass is 10.1. The normalized spacial score (nSPS) is 14.5. The molecule has 0 aliphatic carbocycles. The van der Waals surface area contributed by atoms with Crippen LogP contribution in [-0.2, 0) is 0 Å². The molecule has 1 aliphatic heterocycles. The van der Waals surface area contributed by atoms with Gasteiger partial charge < -0.3 is 14.9 Å². The van der Waals surface area contributed by atoms with E-state index < -0.39 is 5.97 Å². The van der Waals surface area contributed by atoms with Crippen LogP contribution in [0.3, 0.4) is 0 Å². The predicted octanol–water partition coefficient (Wildman–Crippen LogP) is 2.96. The van der Waals surface area contributed by atoms with Crippen LogP contribution in [0.4, 0.5) is 5.69 Å². The second kappa shape index (κ2) is 6.97. The highest BCUT2D eigenvalue weighted by atomic mass is 16.4. The van der Waals surface area contributed by atoms with E-state index in [-0.39, 0.29) is 17.0 Å². The topological polar surface area (TPSA) is 60.9 Å². The van der Waals surface area contributed by atoms with Crippen LogP contribution in [0.1, 0.15) is 31.8 Å². The zero-order chi connectivity index (χ0) is 18.0. The molecule has 0 radical (unpaired) electrons. The van der Waals surface area contributed by atoms with E-state index in [0.29, 0.717) is 13.1 Å². The lowest BCUT2D eigenvalue weighted by Gasteiger charge is -2.37. The fraction of sp³-hybridized carbons (Fsp3) is 0.300. The summed E-state index contributed by atoms with van der Waals surface area (Å²) in [5.41, 5.74) is 3.99. The van der Waals surface area contributed by atoms with Crippen molar-refractivity contribution in [2.45, 2.75) is 13.8 Å². The number of carbonyl (C=O) groups excluding carboxylic acids is 1. The van der Waals surface area contributed by atoms with Crippen LogP contribution in [0.5, 0.6) is 0 Å². The molecular formula is C20H22N2O3. The van der Waals surface area contributed by atoms with Gasteiger partial charge in [0.05, 0.1) is 11.1 Å². The van der Waals surface area contributed by atoms with Crippen molar-refractivity contribution in [1.29, 1.82) is 0 Å². The number of carboxylic acids is 1. The molecule has 5 heteroatoms. The number of nitrogens with zero attached hydrogens (tertiary/aromatic N) is 2. The minimum atomic E-state index is -1.07. The molecule has 25 heavy (non-hydrogen) atoms. The third-order valence-electron chi connectivity index (χ3n) is 4.65.